The van der Waals surface area contributed by atoms with Gasteiger partial charge < -0.3 is 10.1 Å². The topological polar surface area (TPSA) is 38.3 Å². The van der Waals surface area contributed by atoms with Gasteiger partial charge >= 0.3 is 6.18 Å². The molecule has 0 radical (unpaired) electrons. The van der Waals surface area contributed by atoms with Gasteiger partial charge in [-0.2, -0.15) is 13.2 Å². The summed E-state index contributed by atoms with van der Waals surface area (Å²) >= 11 is 0. The number of carbonyl (C=O) groups excluding carboxylic acids is 1. The largest absolute Gasteiger partial charge is 0.496 e. The molecule has 1 aliphatic rings. The highest BCUT2D eigenvalue weighted by atomic mass is 19.4. The molecular formula is C21H22F3NO2. The van der Waals surface area contributed by atoms with Gasteiger partial charge in [-0.25, -0.2) is 0 Å². The van der Waals surface area contributed by atoms with Crippen molar-refractivity contribution in [3.63, 3.8) is 0 Å². The van der Waals surface area contributed by atoms with E-state index in [4.69, 9.17) is 4.74 Å². The van der Waals surface area contributed by atoms with Crippen molar-refractivity contribution in [2.24, 2.45) is 0 Å². The van der Waals surface area contributed by atoms with Crippen LogP contribution in [0.3, 0.4) is 0 Å². The zero-order chi connectivity index (χ0) is 19.5. The molecule has 0 spiro atoms. The van der Waals surface area contributed by atoms with E-state index >= 15 is 0 Å². The van der Waals surface area contributed by atoms with E-state index in [0.29, 0.717) is 12.8 Å². The molecule has 6 heteroatoms. The number of hydrogen-bond donors (Lipinski definition) is 1. The lowest BCUT2D eigenvalue weighted by Gasteiger charge is -2.36. The Bertz CT molecular complexity index is 797. The average molecular weight is 377 g/mol. The van der Waals surface area contributed by atoms with Crippen LogP contribution in [0.1, 0.15) is 43.2 Å². The van der Waals surface area contributed by atoms with Crippen molar-refractivity contribution in [2.45, 2.75) is 43.7 Å². The fourth-order valence-corrected chi connectivity index (χ4v) is 3.82. The molecule has 3 rings (SSSR count). The summed E-state index contributed by atoms with van der Waals surface area (Å²) in [4.78, 5) is 13.2. The number of benzene rings is 2. The van der Waals surface area contributed by atoms with Crippen LogP contribution in [0.4, 0.5) is 18.9 Å². The lowest BCUT2D eigenvalue weighted by molar-refractivity contribution is -0.138. The molecule has 0 saturated heterocycles. The molecule has 1 fully saturated rings. The first kappa shape index (κ1) is 19.3. The summed E-state index contributed by atoms with van der Waals surface area (Å²) in [6.07, 6.45) is -0.301. The summed E-state index contributed by atoms with van der Waals surface area (Å²) in [6, 6.07) is 13.1. The normalized spacial score (nSPS) is 16.6. The van der Waals surface area contributed by atoms with E-state index in [-0.39, 0.29) is 17.3 Å². The molecular weight excluding hydrogens is 355 g/mol. The molecule has 1 saturated carbocycles. The fraction of sp³-hybridized carbons (Fsp3) is 0.381. The molecule has 0 aromatic heterocycles. The Kier molecular flexibility index (Phi) is 5.44. The first-order chi connectivity index (χ1) is 12.9. The average Bonchev–Trinajstić information content (AvgIpc) is 2.68. The Morgan fingerprint density at radius 2 is 1.70 bits per heavy atom. The van der Waals surface area contributed by atoms with Gasteiger partial charge in [-0.1, -0.05) is 49.6 Å². The van der Waals surface area contributed by atoms with Gasteiger partial charge in [0, 0.05) is 5.69 Å². The Morgan fingerprint density at radius 1 is 1.04 bits per heavy atom. The van der Waals surface area contributed by atoms with Crippen molar-refractivity contribution in [3.8, 4) is 5.75 Å². The van der Waals surface area contributed by atoms with Gasteiger partial charge in [0.05, 0.1) is 18.1 Å². The molecule has 0 heterocycles. The molecule has 2 aromatic carbocycles. The Hall–Kier alpha value is -2.50. The lowest BCUT2D eigenvalue weighted by atomic mass is 9.68. The SMILES string of the molecule is COc1ccc(NC(=O)C2(c3ccccc3)CCCCC2)cc1C(F)(F)F. The van der Waals surface area contributed by atoms with E-state index in [9.17, 15) is 18.0 Å². The summed E-state index contributed by atoms with van der Waals surface area (Å²) in [6.45, 7) is 0. The number of nitrogens with one attached hydrogen (secondary N) is 1. The third-order valence-electron chi connectivity index (χ3n) is 5.23. The number of rotatable bonds is 4. The summed E-state index contributed by atoms with van der Waals surface area (Å²) in [5.74, 6) is -0.525. The van der Waals surface area contributed by atoms with Crippen LogP contribution in [0.2, 0.25) is 0 Å². The van der Waals surface area contributed by atoms with Crippen LogP contribution in [-0.2, 0) is 16.4 Å². The number of halogens is 3. The fourth-order valence-electron chi connectivity index (χ4n) is 3.82. The van der Waals surface area contributed by atoms with Crippen molar-refractivity contribution < 1.29 is 22.7 Å². The second kappa shape index (κ2) is 7.62. The number of methoxy groups -OCH3 is 1. The van der Waals surface area contributed by atoms with Crippen LogP contribution in [0.25, 0.3) is 0 Å². The summed E-state index contributed by atoms with van der Waals surface area (Å²) in [5.41, 5.74) is -0.585. The monoisotopic (exact) mass is 377 g/mol. The molecule has 144 valence electrons. The number of ether oxygens (including phenoxy) is 1. The van der Waals surface area contributed by atoms with Gasteiger partial charge in [-0.15, -0.1) is 0 Å². The van der Waals surface area contributed by atoms with Gasteiger partial charge in [0.2, 0.25) is 5.91 Å². The van der Waals surface area contributed by atoms with Crippen molar-refractivity contribution in [3.05, 3.63) is 59.7 Å². The van der Waals surface area contributed by atoms with Crippen LogP contribution in [0.5, 0.6) is 5.75 Å². The zero-order valence-electron chi connectivity index (χ0n) is 15.1. The zero-order valence-corrected chi connectivity index (χ0v) is 15.1. The van der Waals surface area contributed by atoms with Crippen LogP contribution >= 0.6 is 0 Å². The molecule has 3 nitrogen and oxygen atoms in total. The Labute approximate surface area is 156 Å². The standard InChI is InChI=1S/C21H22F3NO2/c1-27-18-11-10-16(14-17(18)21(22,23)24)25-19(26)20(12-6-3-7-13-20)15-8-4-2-5-9-15/h2,4-5,8-11,14H,3,6-7,12-13H2,1H3,(H,25,26). The number of amides is 1. The van der Waals surface area contributed by atoms with Crippen molar-refractivity contribution >= 4 is 11.6 Å². The highest BCUT2D eigenvalue weighted by Gasteiger charge is 2.41. The van der Waals surface area contributed by atoms with E-state index in [1.165, 1.54) is 19.2 Å². The Balaban J connectivity index is 1.93. The minimum Gasteiger partial charge on any atom is -0.496 e. The molecule has 0 aliphatic heterocycles. The van der Waals surface area contributed by atoms with Crippen LogP contribution in [-0.4, -0.2) is 13.0 Å². The van der Waals surface area contributed by atoms with Crippen molar-refractivity contribution in [1.29, 1.82) is 0 Å². The van der Waals surface area contributed by atoms with Gasteiger partial charge in [0.1, 0.15) is 5.75 Å². The maximum atomic E-state index is 13.3. The Morgan fingerprint density at radius 3 is 2.30 bits per heavy atom. The van der Waals surface area contributed by atoms with E-state index < -0.39 is 17.2 Å². The summed E-state index contributed by atoms with van der Waals surface area (Å²) in [7, 11) is 1.19. The van der Waals surface area contributed by atoms with Gasteiger partial charge in [0.15, 0.2) is 0 Å². The molecule has 0 unspecified atom stereocenters. The minimum atomic E-state index is -4.56. The molecule has 1 amide bonds. The molecule has 1 aliphatic carbocycles. The van der Waals surface area contributed by atoms with Crippen LogP contribution in [0.15, 0.2) is 48.5 Å². The predicted octanol–water partition coefficient (Wildman–Crippen LogP) is 5.55. The van der Waals surface area contributed by atoms with E-state index in [0.717, 1.165) is 30.9 Å². The first-order valence-electron chi connectivity index (χ1n) is 8.99. The van der Waals surface area contributed by atoms with Gasteiger partial charge in [0.25, 0.3) is 0 Å². The molecule has 1 N–H and O–H groups in total. The predicted molar refractivity (Wildman–Crippen MR) is 97.8 cm³/mol. The summed E-state index contributed by atoms with van der Waals surface area (Å²) in [5, 5.41) is 2.72. The quantitative estimate of drug-likeness (QED) is 0.758. The van der Waals surface area contributed by atoms with E-state index in [2.05, 4.69) is 5.32 Å². The number of alkyl halides is 3. The minimum absolute atomic E-state index is 0.119. The van der Waals surface area contributed by atoms with Crippen molar-refractivity contribution in [1.82, 2.24) is 0 Å². The highest BCUT2D eigenvalue weighted by molar-refractivity contribution is 5.99. The van der Waals surface area contributed by atoms with E-state index in [1.807, 2.05) is 30.3 Å². The van der Waals surface area contributed by atoms with E-state index in [1.54, 1.807) is 0 Å². The molecule has 0 atom stereocenters. The lowest BCUT2D eigenvalue weighted by Crippen LogP contribution is -2.42. The second-order valence-corrected chi connectivity index (χ2v) is 6.88. The molecule has 0 bridgehead atoms. The number of carbonyl (C=O) groups is 1. The first-order valence-corrected chi connectivity index (χ1v) is 8.99. The number of hydrogen-bond acceptors (Lipinski definition) is 2. The summed E-state index contributed by atoms with van der Waals surface area (Å²) < 4.78 is 44.6. The van der Waals surface area contributed by atoms with Crippen molar-refractivity contribution in [2.75, 3.05) is 12.4 Å². The second-order valence-electron chi connectivity index (χ2n) is 6.88. The smallest absolute Gasteiger partial charge is 0.420 e. The third kappa shape index (κ3) is 3.94. The van der Waals surface area contributed by atoms with Crippen LogP contribution in [0, 0.1) is 0 Å². The maximum absolute atomic E-state index is 13.3. The molecule has 2 aromatic rings. The van der Waals surface area contributed by atoms with Gasteiger partial charge in [-0.05, 0) is 36.6 Å². The van der Waals surface area contributed by atoms with Crippen LogP contribution < -0.4 is 10.1 Å². The number of anilines is 1. The highest BCUT2D eigenvalue weighted by Crippen LogP contribution is 2.41. The molecule has 27 heavy (non-hydrogen) atoms. The third-order valence-corrected chi connectivity index (χ3v) is 5.23. The maximum Gasteiger partial charge on any atom is 0.420 e. The van der Waals surface area contributed by atoms with Gasteiger partial charge in [-0.3, -0.25) is 4.79 Å².